The first-order valence-electron chi connectivity index (χ1n) is 10.5. The van der Waals surface area contributed by atoms with Gasteiger partial charge in [0.05, 0.1) is 31.0 Å². The summed E-state index contributed by atoms with van der Waals surface area (Å²) in [6.07, 6.45) is -4.23. The molecule has 0 amide bonds. The molecule has 0 unspecified atom stereocenters. The van der Waals surface area contributed by atoms with Crippen molar-refractivity contribution in [3.63, 3.8) is 0 Å². The van der Waals surface area contributed by atoms with Gasteiger partial charge in [0.1, 0.15) is 16.5 Å². The minimum atomic E-state index is -4.23. The van der Waals surface area contributed by atoms with Crippen LogP contribution in [-0.4, -0.2) is 37.9 Å². The quantitative estimate of drug-likeness (QED) is 0.249. The molecule has 0 N–H and O–H groups in total. The molecule has 1 aromatic heterocycles. The van der Waals surface area contributed by atoms with Gasteiger partial charge in [-0.15, -0.1) is 11.3 Å². The van der Waals surface area contributed by atoms with Gasteiger partial charge in [-0.25, -0.2) is 9.78 Å². The number of rotatable bonds is 9. The Morgan fingerprint density at radius 1 is 0.971 bits per heavy atom. The van der Waals surface area contributed by atoms with Gasteiger partial charge in [-0.3, -0.25) is 0 Å². The largest absolute Gasteiger partial charge is 0.502 e. The first-order chi connectivity index (χ1) is 16.8. The van der Waals surface area contributed by atoms with E-state index in [-0.39, 0.29) is 18.1 Å². The van der Waals surface area contributed by atoms with Gasteiger partial charge in [0.15, 0.2) is 11.5 Å². The number of alkyl halides is 2. The first kappa shape index (κ1) is 24.2. The average molecular weight is 502 g/mol. The molecule has 4 aromatic rings. The molecule has 1 heterocycles. The van der Waals surface area contributed by atoms with Crippen LogP contribution in [-0.2, 0) is 9.53 Å². The van der Waals surface area contributed by atoms with E-state index >= 15 is 0 Å². The number of para-hydroxylation sites is 1. The second-order valence-corrected chi connectivity index (χ2v) is 8.14. The predicted octanol–water partition coefficient (Wildman–Crippen LogP) is 6.31. The maximum atomic E-state index is 14.2. The number of aromatic nitrogens is 1. The standard InChI is InChI=1S/C25H21F2NO6S/c1-4-32-24(29)25(26,27)34-22-19(30-2)12-15(13-20(22)31-3)23-28-18-11-10-17(14-21(18)35-23)33-16-8-6-5-7-9-16/h5-14H,4H2,1-3H3. The Morgan fingerprint density at radius 2 is 1.66 bits per heavy atom. The summed E-state index contributed by atoms with van der Waals surface area (Å²) in [6.45, 7) is 1.19. The van der Waals surface area contributed by atoms with E-state index in [0.29, 0.717) is 22.1 Å². The number of carbonyl (C=O) groups is 1. The molecule has 0 aliphatic heterocycles. The number of hydrogen-bond acceptors (Lipinski definition) is 8. The maximum absolute atomic E-state index is 14.2. The second-order valence-electron chi connectivity index (χ2n) is 7.11. The van der Waals surface area contributed by atoms with Crippen LogP contribution in [0.15, 0.2) is 60.7 Å². The van der Waals surface area contributed by atoms with E-state index in [9.17, 15) is 13.6 Å². The van der Waals surface area contributed by atoms with Crippen LogP contribution in [0.2, 0.25) is 0 Å². The van der Waals surface area contributed by atoms with E-state index in [0.717, 1.165) is 10.2 Å². The summed E-state index contributed by atoms with van der Waals surface area (Å²) in [7, 11) is 2.58. The van der Waals surface area contributed by atoms with Crippen molar-refractivity contribution < 1.29 is 37.3 Å². The van der Waals surface area contributed by atoms with Crippen molar-refractivity contribution >= 4 is 27.5 Å². The minimum Gasteiger partial charge on any atom is -0.493 e. The fourth-order valence-electron chi connectivity index (χ4n) is 3.21. The number of ether oxygens (including phenoxy) is 5. The van der Waals surface area contributed by atoms with E-state index in [1.807, 2.05) is 48.5 Å². The molecule has 0 spiro atoms. The summed E-state index contributed by atoms with van der Waals surface area (Å²) in [4.78, 5) is 16.2. The highest BCUT2D eigenvalue weighted by molar-refractivity contribution is 7.21. The Hall–Kier alpha value is -3.92. The van der Waals surface area contributed by atoms with Gasteiger partial charge in [0.25, 0.3) is 0 Å². The van der Waals surface area contributed by atoms with E-state index in [1.54, 1.807) is 0 Å². The third-order valence-electron chi connectivity index (χ3n) is 4.79. The van der Waals surface area contributed by atoms with Gasteiger partial charge in [0.2, 0.25) is 5.75 Å². The van der Waals surface area contributed by atoms with Crippen molar-refractivity contribution in [2.24, 2.45) is 0 Å². The Balaban J connectivity index is 1.67. The number of benzene rings is 3. The molecule has 0 bridgehead atoms. The van der Waals surface area contributed by atoms with Gasteiger partial charge in [-0.1, -0.05) is 18.2 Å². The number of nitrogens with zero attached hydrogens (tertiary/aromatic N) is 1. The zero-order chi connectivity index (χ0) is 25.0. The summed E-state index contributed by atoms with van der Waals surface area (Å²) in [6, 6.07) is 17.9. The highest BCUT2D eigenvalue weighted by atomic mass is 32.1. The molecule has 0 saturated heterocycles. The lowest BCUT2D eigenvalue weighted by Crippen LogP contribution is -2.37. The molecule has 0 atom stereocenters. The van der Waals surface area contributed by atoms with E-state index in [2.05, 4.69) is 9.72 Å². The molecule has 0 saturated carbocycles. The van der Waals surface area contributed by atoms with Crippen LogP contribution in [0.3, 0.4) is 0 Å². The van der Waals surface area contributed by atoms with Gasteiger partial charge < -0.3 is 23.7 Å². The monoisotopic (exact) mass is 501 g/mol. The van der Waals surface area contributed by atoms with Crippen LogP contribution in [0.1, 0.15) is 6.92 Å². The Bertz CT molecular complexity index is 1320. The van der Waals surface area contributed by atoms with Crippen LogP contribution in [0, 0.1) is 0 Å². The van der Waals surface area contributed by atoms with Crippen LogP contribution < -0.4 is 18.9 Å². The molecule has 0 aliphatic rings. The lowest BCUT2D eigenvalue weighted by molar-refractivity contribution is -0.216. The number of esters is 1. The normalized spacial score (nSPS) is 11.2. The third kappa shape index (κ3) is 5.27. The third-order valence-corrected chi connectivity index (χ3v) is 5.86. The van der Waals surface area contributed by atoms with Gasteiger partial charge in [-0.2, -0.15) is 8.78 Å². The molecule has 182 valence electrons. The molecule has 10 heteroatoms. The van der Waals surface area contributed by atoms with Crippen molar-refractivity contribution in [2.75, 3.05) is 20.8 Å². The highest BCUT2D eigenvalue weighted by Gasteiger charge is 2.45. The lowest BCUT2D eigenvalue weighted by atomic mass is 10.2. The van der Waals surface area contributed by atoms with Gasteiger partial charge >= 0.3 is 12.1 Å². The van der Waals surface area contributed by atoms with Crippen molar-refractivity contribution in [2.45, 2.75) is 13.0 Å². The number of fused-ring (bicyclic) bond motifs is 1. The van der Waals surface area contributed by atoms with Crippen molar-refractivity contribution in [3.8, 4) is 39.3 Å². The zero-order valence-electron chi connectivity index (χ0n) is 19.0. The Morgan fingerprint density at radius 3 is 2.29 bits per heavy atom. The smallest absolute Gasteiger partial charge is 0.493 e. The minimum absolute atomic E-state index is 0.0596. The van der Waals surface area contributed by atoms with E-state index in [4.69, 9.17) is 18.9 Å². The number of halogens is 2. The SMILES string of the molecule is CCOC(=O)C(F)(F)Oc1c(OC)cc(-c2nc3ccc(Oc4ccccc4)cc3s2)cc1OC. The zero-order valence-corrected chi connectivity index (χ0v) is 19.9. The fraction of sp³-hybridized carbons (Fsp3) is 0.200. The molecule has 0 radical (unpaired) electrons. The second kappa shape index (κ2) is 10.1. The van der Waals surface area contributed by atoms with Crippen molar-refractivity contribution in [1.29, 1.82) is 0 Å². The Labute approximate surface area is 203 Å². The molecule has 3 aromatic carbocycles. The van der Waals surface area contributed by atoms with E-state index < -0.39 is 17.8 Å². The molecule has 4 rings (SSSR count). The molecular weight excluding hydrogens is 480 g/mol. The predicted molar refractivity (Wildman–Crippen MR) is 127 cm³/mol. The van der Waals surface area contributed by atoms with Crippen molar-refractivity contribution in [3.05, 3.63) is 60.7 Å². The average Bonchev–Trinajstić information content (AvgIpc) is 3.28. The topological polar surface area (TPSA) is 76.1 Å². The van der Waals surface area contributed by atoms with Crippen LogP contribution >= 0.6 is 11.3 Å². The summed E-state index contributed by atoms with van der Waals surface area (Å²) in [5.41, 5.74) is 1.29. The first-order valence-corrected chi connectivity index (χ1v) is 11.3. The van der Waals surface area contributed by atoms with Crippen molar-refractivity contribution in [1.82, 2.24) is 4.98 Å². The molecule has 0 fully saturated rings. The summed E-state index contributed by atoms with van der Waals surface area (Å²) in [5, 5.41) is 0.595. The number of carbonyl (C=O) groups excluding carboxylic acids is 1. The maximum Gasteiger partial charge on any atom is 0.502 e. The van der Waals surface area contributed by atoms with Crippen LogP contribution in [0.5, 0.6) is 28.7 Å². The van der Waals surface area contributed by atoms with Crippen LogP contribution in [0.25, 0.3) is 20.8 Å². The molecule has 0 aliphatic carbocycles. The molecule has 7 nitrogen and oxygen atoms in total. The number of hydrogen-bond donors (Lipinski definition) is 0. The number of methoxy groups -OCH3 is 2. The summed E-state index contributed by atoms with van der Waals surface area (Å²) in [5.74, 6) is -1.00. The van der Waals surface area contributed by atoms with E-state index in [1.165, 1.54) is 44.6 Å². The fourth-order valence-corrected chi connectivity index (χ4v) is 4.19. The molecule has 35 heavy (non-hydrogen) atoms. The highest BCUT2D eigenvalue weighted by Crippen LogP contribution is 2.45. The summed E-state index contributed by atoms with van der Waals surface area (Å²) < 4.78 is 54.8. The lowest BCUT2D eigenvalue weighted by Gasteiger charge is -2.20. The summed E-state index contributed by atoms with van der Waals surface area (Å²) >= 11 is 1.38. The molecular formula is C25H21F2NO6S. The van der Waals surface area contributed by atoms with Gasteiger partial charge in [-0.05, 0) is 43.3 Å². The van der Waals surface area contributed by atoms with Crippen LogP contribution in [0.4, 0.5) is 8.78 Å². The Kier molecular flexibility index (Phi) is 7.02. The van der Waals surface area contributed by atoms with Gasteiger partial charge in [0, 0.05) is 11.6 Å². The number of thiazole rings is 1.